The molecule has 1 amide bonds. The SMILES string of the molecule is Cn1cc(CCC(=O)N2CCC(Cc3ncc[nH]3)CC2)cn1. The predicted octanol–water partition coefficient (Wildman–Crippen LogP) is 1.56. The molecule has 0 aliphatic carbocycles. The van der Waals surface area contributed by atoms with Gasteiger partial charge in [0.2, 0.25) is 5.91 Å². The van der Waals surface area contributed by atoms with Gasteiger partial charge in [0.1, 0.15) is 5.82 Å². The van der Waals surface area contributed by atoms with E-state index in [4.69, 9.17) is 0 Å². The molecule has 6 nitrogen and oxygen atoms in total. The average Bonchev–Trinajstić information content (AvgIpc) is 3.17. The number of hydrogen-bond donors (Lipinski definition) is 1. The van der Waals surface area contributed by atoms with E-state index < -0.39 is 0 Å². The lowest BCUT2D eigenvalue weighted by Crippen LogP contribution is -2.39. The number of piperidine rings is 1. The minimum atomic E-state index is 0.264. The van der Waals surface area contributed by atoms with E-state index >= 15 is 0 Å². The summed E-state index contributed by atoms with van der Waals surface area (Å²) < 4.78 is 1.78. The summed E-state index contributed by atoms with van der Waals surface area (Å²) in [6, 6.07) is 0. The molecule has 1 fully saturated rings. The molecule has 1 saturated heterocycles. The van der Waals surface area contributed by atoms with Crippen LogP contribution in [0.1, 0.15) is 30.7 Å². The van der Waals surface area contributed by atoms with Crippen molar-refractivity contribution in [2.75, 3.05) is 13.1 Å². The summed E-state index contributed by atoms with van der Waals surface area (Å²) in [5.41, 5.74) is 1.13. The zero-order valence-electron chi connectivity index (χ0n) is 13.0. The van der Waals surface area contributed by atoms with Gasteiger partial charge in [0.05, 0.1) is 6.20 Å². The van der Waals surface area contributed by atoms with Crippen LogP contribution < -0.4 is 0 Å². The number of nitrogens with one attached hydrogen (secondary N) is 1. The molecule has 0 aromatic carbocycles. The number of aryl methyl sites for hydroxylation is 2. The lowest BCUT2D eigenvalue weighted by molar-refractivity contribution is -0.132. The fourth-order valence-corrected chi connectivity index (χ4v) is 3.08. The topological polar surface area (TPSA) is 66.8 Å². The van der Waals surface area contributed by atoms with Gasteiger partial charge in [-0.2, -0.15) is 5.10 Å². The van der Waals surface area contributed by atoms with E-state index in [0.29, 0.717) is 12.3 Å². The van der Waals surface area contributed by atoms with Gasteiger partial charge in [-0.25, -0.2) is 4.98 Å². The van der Waals surface area contributed by atoms with Gasteiger partial charge >= 0.3 is 0 Å². The van der Waals surface area contributed by atoms with Crippen LogP contribution in [-0.2, 0) is 24.7 Å². The molecular formula is C16H23N5O. The second kappa shape index (κ2) is 6.77. The van der Waals surface area contributed by atoms with Crippen LogP contribution in [0.2, 0.25) is 0 Å². The third-order valence-electron chi connectivity index (χ3n) is 4.39. The first-order valence-electron chi connectivity index (χ1n) is 7.94. The molecule has 1 aliphatic rings. The Balaban J connectivity index is 1.41. The fourth-order valence-electron chi connectivity index (χ4n) is 3.08. The number of aromatic nitrogens is 4. The maximum Gasteiger partial charge on any atom is 0.222 e. The van der Waals surface area contributed by atoms with Crippen LogP contribution in [0, 0.1) is 5.92 Å². The molecule has 6 heteroatoms. The Hall–Kier alpha value is -2.11. The van der Waals surface area contributed by atoms with Gasteiger partial charge in [-0.3, -0.25) is 9.48 Å². The number of imidazole rings is 1. The number of hydrogen-bond acceptors (Lipinski definition) is 3. The smallest absolute Gasteiger partial charge is 0.222 e. The van der Waals surface area contributed by atoms with Crippen LogP contribution in [0.4, 0.5) is 0 Å². The van der Waals surface area contributed by atoms with Crippen molar-refractivity contribution in [3.8, 4) is 0 Å². The van der Waals surface area contributed by atoms with E-state index in [0.717, 1.165) is 50.2 Å². The molecule has 0 bridgehead atoms. The third-order valence-corrected chi connectivity index (χ3v) is 4.39. The normalized spacial score (nSPS) is 16.1. The molecule has 2 aromatic rings. The van der Waals surface area contributed by atoms with Gasteiger partial charge in [0.15, 0.2) is 0 Å². The second-order valence-corrected chi connectivity index (χ2v) is 6.09. The van der Waals surface area contributed by atoms with Crippen molar-refractivity contribution in [3.63, 3.8) is 0 Å². The highest BCUT2D eigenvalue weighted by molar-refractivity contribution is 5.76. The number of H-pyrrole nitrogens is 1. The minimum Gasteiger partial charge on any atom is -0.349 e. The fraction of sp³-hybridized carbons (Fsp3) is 0.562. The first-order valence-corrected chi connectivity index (χ1v) is 7.94. The van der Waals surface area contributed by atoms with Crippen LogP contribution in [0.15, 0.2) is 24.8 Å². The van der Waals surface area contributed by atoms with Gasteiger partial charge in [0, 0.05) is 51.6 Å². The van der Waals surface area contributed by atoms with Crippen LogP contribution in [0.5, 0.6) is 0 Å². The lowest BCUT2D eigenvalue weighted by Gasteiger charge is -2.31. The predicted molar refractivity (Wildman–Crippen MR) is 83.1 cm³/mol. The number of amides is 1. The summed E-state index contributed by atoms with van der Waals surface area (Å²) in [7, 11) is 1.90. The zero-order valence-corrected chi connectivity index (χ0v) is 13.0. The number of rotatable bonds is 5. The molecule has 118 valence electrons. The Kier molecular flexibility index (Phi) is 4.56. The van der Waals surface area contributed by atoms with Crippen molar-refractivity contribution < 1.29 is 4.79 Å². The largest absolute Gasteiger partial charge is 0.349 e. The van der Waals surface area contributed by atoms with Crippen molar-refractivity contribution in [2.24, 2.45) is 13.0 Å². The van der Waals surface area contributed by atoms with Crippen LogP contribution in [-0.4, -0.2) is 43.6 Å². The summed E-state index contributed by atoms with van der Waals surface area (Å²) in [6.45, 7) is 1.74. The van der Waals surface area contributed by atoms with Crippen LogP contribution >= 0.6 is 0 Å². The Labute approximate surface area is 130 Å². The first kappa shape index (κ1) is 14.8. The highest BCUT2D eigenvalue weighted by Crippen LogP contribution is 2.21. The zero-order chi connectivity index (χ0) is 15.4. The molecule has 0 radical (unpaired) electrons. The quantitative estimate of drug-likeness (QED) is 0.911. The van der Waals surface area contributed by atoms with Crippen molar-refractivity contribution in [3.05, 3.63) is 36.2 Å². The van der Waals surface area contributed by atoms with Crippen molar-refractivity contribution in [1.29, 1.82) is 0 Å². The van der Waals surface area contributed by atoms with E-state index in [1.165, 1.54) is 0 Å². The molecule has 0 spiro atoms. The number of aromatic amines is 1. The Bertz CT molecular complexity index is 596. The highest BCUT2D eigenvalue weighted by atomic mass is 16.2. The van der Waals surface area contributed by atoms with Crippen molar-refractivity contribution in [2.45, 2.75) is 32.1 Å². The molecule has 2 aromatic heterocycles. The van der Waals surface area contributed by atoms with Crippen molar-refractivity contribution >= 4 is 5.91 Å². The van der Waals surface area contributed by atoms with E-state index in [1.54, 1.807) is 10.9 Å². The van der Waals surface area contributed by atoms with E-state index in [1.807, 2.05) is 30.5 Å². The van der Waals surface area contributed by atoms with E-state index in [9.17, 15) is 4.79 Å². The molecule has 22 heavy (non-hydrogen) atoms. The molecular weight excluding hydrogens is 278 g/mol. The summed E-state index contributed by atoms with van der Waals surface area (Å²) in [5, 5.41) is 4.14. The van der Waals surface area contributed by atoms with Crippen LogP contribution in [0.3, 0.4) is 0 Å². The monoisotopic (exact) mass is 301 g/mol. The minimum absolute atomic E-state index is 0.264. The standard InChI is InChI=1S/C16H23N5O/c1-20-12-14(11-19-20)2-3-16(22)21-8-4-13(5-9-21)10-15-17-6-7-18-15/h6-7,11-13H,2-5,8-10H2,1H3,(H,17,18). The van der Waals surface area contributed by atoms with Gasteiger partial charge in [0.25, 0.3) is 0 Å². The molecule has 0 unspecified atom stereocenters. The van der Waals surface area contributed by atoms with Crippen molar-refractivity contribution in [1.82, 2.24) is 24.6 Å². The number of nitrogens with zero attached hydrogens (tertiary/aromatic N) is 4. The van der Waals surface area contributed by atoms with E-state index in [2.05, 4.69) is 15.1 Å². The number of likely N-dealkylation sites (tertiary alicyclic amines) is 1. The number of carbonyl (C=O) groups excluding carboxylic acids is 1. The van der Waals surface area contributed by atoms with Gasteiger partial charge < -0.3 is 9.88 Å². The summed E-state index contributed by atoms with van der Waals surface area (Å²) in [5.74, 6) is 1.95. The summed E-state index contributed by atoms with van der Waals surface area (Å²) in [6.07, 6.45) is 12.0. The highest BCUT2D eigenvalue weighted by Gasteiger charge is 2.23. The molecule has 0 atom stereocenters. The Morgan fingerprint density at radius 3 is 2.86 bits per heavy atom. The van der Waals surface area contributed by atoms with Gasteiger partial charge in [-0.05, 0) is 30.7 Å². The van der Waals surface area contributed by atoms with E-state index in [-0.39, 0.29) is 5.91 Å². The second-order valence-electron chi connectivity index (χ2n) is 6.09. The van der Waals surface area contributed by atoms with Gasteiger partial charge in [-0.1, -0.05) is 0 Å². The maximum absolute atomic E-state index is 12.3. The molecule has 1 aliphatic heterocycles. The lowest BCUT2D eigenvalue weighted by atomic mass is 9.93. The molecule has 3 rings (SSSR count). The Morgan fingerprint density at radius 1 is 1.41 bits per heavy atom. The molecule has 1 N–H and O–H groups in total. The summed E-state index contributed by atoms with van der Waals surface area (Å²) >= 11 is 0. The molecule has 3 heterocycles. The summed E-state index contributed by atoms with van der Waals surface area (Å²) in [4.78, 5) is 21.7. The van der Waals surface area contributed by atoms with Crippen LogP contribution in [0.25, 0.3) is 0 Å². The van der Waals surface area contributed by atoms with Gasteiger partial charge in [-0.15, -0.1) is 0 Å². The molecule has 0 saturated carbocycles. The first-order chi connectivity index (χ1) is 10.7. The maximum atomic E-state index is 12.3. The average molecular weight is 301 g/mol. The third kappa shape index (κ3) is 3.75. The number of carbonyl (C=O) groups is 1. The Morgan fingerprint density at radius 2 is 2.23 bits per heavy atom.